The van der Waals surface area contributed by atoms with Crippen LogP contribution >= 0.6 is 0 Å². The number of hydrogen-bond acceptors (Lipinski definition) is 8. The topological polar surface area (TPSA) is 89.5 Å². The average Bonchev–Trinajstić information content (AvgIpc) is 2.44. The summed E-state index contributed by atoms with van der Waals surface area (Å²) in [6.07, 6.45) is -3.40. The van der Waals surface area contributed by atoms with Gasteiger partial charge in [0, 0.05) is 0 Å². The van der Waals surface area contributed by atoms with E-state index >= 15 is 0 Å². The Bertz CT molecular complexity index is 298. The number of carbonyl (C=O) groups excluding carboxylic acids is 2. The van der Waals surface area contributed by atoms with Crippen molar-refractivity contribution < 1.29 is 38.0 Å². The summed E-state index contributed by atoms with van der Waals surface area (Å²) in [5.41, 5.74) is 0. The highest BCUT2D eigenvalue weighted by Crippen LogP contribution is 2.27. The first-order chi connectivity index (χ1) is 8.69. The van der Waals surface area contributed by atoms with E-state index in [-0.39, 0.29) is 13.6 Å². The third-order valence-corrected chi connectivity index (χ3v) is 2.80. The van der Waals surface area contributed by atoms with Crippen LogP contribution in [0.2, 0.25) is 0 Å². The van der Waals surface area contributed by atoms with Gasteiger partial charge in [0.25, 0.3) is 0 Å². The van der Waals surface area contributed by atoms with Crippen LogP contribution in [-0.2, 0) is 38.0 Å². The average molecular weight is 262 g/mol. The Balaban J connectivity index is 2.14. The minimum atomic E-state index is -0.940. The smallest absolute Gasteiger partial charge is 0.337 e. The van der Waals surface area contributed by atoms with E-state index in [0.717, 1.165) is 0 Å². The molecule has 0 bridgehead atoms. The lowest BCUT2D eigenvalue weighted by atomic mass is 10.0. The second kappa shape index (κ2) is 5.61. The summed E-state index contributed by atoms with van der Waals surface area (Å²) in [5.74, 6) is -1.17. The van der Waals surface area contributed by atoms with E-state index in [1.807, 2.05) is 0 Å². The molecule has 0 aromatic carbocycles. The maximum Gasteiger partial charge on any atom is 0.337 e. The summed E-state index contributed by atoms with van der Waals surface area (Å²) >= 11 is 0. The van der Waals surface area contributed by atoms with Crippen LogP contribution < -0.4 is 0 Å². The molecule has 2 rings (SSSR count). The number of methoxy groups -OCH3 is 2. The summed E-state index contributed by atoms with van der Waals surface area (Å²) in [4.78, 5) is 23.1. The molecule has 2 saturated heterocycles. The molecule has 102 valence electrons. The van der Waals surface area contributed by atoms with Gasteiger partial charge in [0.2, 0.25) is 0 Å². The van der Waals surface area contributed by atoms with Gasteiger partial charge in [-0.25, -0.2) is 9.59 Å². The standard InChI is InChI=1S/C10H14O8/c1-13-9(11)7-5-6(16-3-17-7)8(10(12)14-2)18-4-15-5/h5-8H,3-4H2,1-2H3. The largest absolute Gasteiger partial charge is 0.467 e. The highest BCUT2D eigenvalue weighted by Gasteiger charge is 2.50. The number of hydrogen-bond donors (Lipinski definition) is 0. The van der Waals surface area contributed by atoms with Crippen molar-refractivity contribution in [1.82, 2.24) is 0 Å². The minimum absolute atomic E-state index is 0.152. The predicted molar refractivity (Wildman–Crippen MR) is 53.3 cm³/mol. The van der Waals surface area contributed by atoms with Crippen LogP contribution in [0.15, 0.2) is 0 Å². The summed E-state index contributed by atoms with van der Waals surface area (Å²) in [6.45, 7) is -0.303. The van der Waals surface area contributed by atoms with Crippen molar-refractivity contribution >= 4 is 11.9 Å². The molecule has 0 amide bonds. The van der Waals surface area contributed by atoms with Crippen molar-refractivity contribution in [2.24, 2.45) is 0 Å². The van der Waals surface area contributed by atoms with Crippen LogP contribution in [0.4, 0.5) is 0 Å². The molecule has 2 aliphatic heterocycles. The van der Waals surface area contributed by atoms with Gasteiger partial charge in [0.15, 0.2) is 12.2 Å². The second-order valence-corrected chi connectivity index (χ2v) is 3.72. The molecule has 2 fully saturated rings. The van der Waals surface area contributed by atoms with Gasteiger partial charge in [0.1, 0.15) is 25.8 Å². The van der Waals surface area contributed by atoms with Crippen LogP contribution in [0, 0.1) is 0 Å². The van der Waals surface area contributed by atoms with Crippen LogP contribution in [0.3, 0.4) is 0 Å². The van der Waals surface area contributed by atoms with Crippen molar-refractivity contribution in [2.45, 2.75) is 24.4 Å². The summed E-state index contributed by atoms with van der Waals surface area (Å²) in [7, 11) is 2.49. The van der Waals surface area contributed by atoms with E-state index in [0.29, 0.717) is 0 Å². The van der Waals surface area contributed by atoms with Crippen molar-refractivity contribution in [3.8, 4) is 0 Å². The molecule has 0 saturated carbocycles. The van der Waals surface area contributed by atoms with Gasteiger partial charge in [-0.2, -0.15) is 0 Å². The molecule has 8 nitrogen and oxygen atoms in total. The van der Waals surface area contributed by atoms with Crippen molar-refractivity contribution in [3.05, 3.63) is 0 Å². The van der Waals surface area contributed by atoms with Gasteiger partial charge < -0.3 is 28.4 Å². The number of esters is 2. The Morgan fingerprint density at radius 2 is 1.22 bits per heavy atom. The summed E-state index contributed by atoms with van der Waals surface area (Å²) < 4.78 is 30.0. The van der Waals surface area contributed by atoms with Gasteiger partial charge >= 0.3 is 11.9 Å². The Hall–Kier alpha value is -1.22. The third-order valence-electron chi connectivity index (χ3n) is 2.80. The zero-order valence-electron chi connectivity index (χ0n) is 9.99. The van der Waals surface area contributed by atoms with Crippen LogP contribution in [0.5, 0.6) is 0 Å². The molecule has 0 aromatic heterocycles. The molecule has 0 aromatic rings. The van der Waals surface area contributed by atoms with E-state index in [4.69, 9.17) is 18.9 Å². The van der Waals surface area contributed by atoms with Crippen LogP contribution in [0.25, 0.3) is 0 Å². The Labute approximate surface area is 103 Å². The highest BCUT2D eigenvalue weighted by molar-refractivity contribution is 5.78. The molecule has 18 heavy (non-hydrogen) atoms. The molecular weight excluding hydrogens is 248 g/mol. The molecule has 0 aliphatic carbocycles. The summed E-state index contributed by atoms with van der Waals surface area (Å²) in [5, 5.41) is 0. The molecule has 0 N–H and O–H groups in total. The van der Waals surface area contributed by atoms with Crippen molar-refractivity contribution in [1.29, 1.82) is 0 Å². The first-order valence-corrected chi connectivity index (χ1v) is 5.31. The molecular formula is C10H14O8. The number of ether oxygens (including phenoxy) is 6. The van der Waals surface area contributed by atoms with Crippen molar-refractivity contribution in [3.63, 3.8) is 0 Å². The monoisotopic (exact) mass is 262 g/mol. The maximum absolute atomic E-state index is 11.5. The molecule has 8 heteroatoms. The van der Waals surface area contributed by atoms with E-state index in [9.17, 15) is 9.59 Å². The minimum Gasteiger partial charge on any atom is -0.467 e. The fourth-order valence-electron chi connectivity index (χ4n) is 1.92. The van der Waals surface area contributed by atoms with E-state index in [1.165, 1.54) is 14.2 Å². The first kappa shape index (κ1) is 13.2. The molecule has 4 atom stereocenters. The Kier molecular flexibility index (Phi) is 4.12. The molecule has 2 heterocycles. The number of carbonyl (C=O) groups is 2. The lowest BCUT2D eigenvalue weighted by Gasteiger charge is -2.41. The normalized spacial score (nSPS) is 35.4. The maximum atomic E-state index is 11.5. The Morgan fingerprint density at radius 3 is 1.56 bits per heavy atom. The van der Waals surface area contributed by atoms with E-state index in [1.54, 1.807) is 0 Å². The van der Waals surface area contributed by atoms with Crippen LogP contribution in [-0.4, -0.2) is 64.2 Å². The fraction of sp³-hybridized carbons (Fsp3) is 0.800. The van der Waals surface area contributed by atoms with Crippen molar-refractivity contribution in [2.75, 3.05) is 27.8 Å². The van der Waals surface area contributed by atoms with Gasteiger partial charge in [-0.3, -0.25) is 0 Å². The van der Waals surface area contributed by atoms with Gasteiger partial charge in [-0.1, -0.05) is 0 Å². The lowest BCUT2D eigenvalue weighted by Crippen LogP contribution is -2.61. The summed E-state index contributed by atoms with van der Waals surface area (Å²) in [6, 6.07) is 0. The lowest BCUT2D eigenvalue weighted by molar-refractivity contribution is -0.316. The van der Waals surface area contributed by atoms with Gasteiger partial charge in [-0.05, 0) is 0 Å². The fourth-order valence-corrected chi connectivity index (χ4v) is 1.92. The first-order valence-electron chi connectivity index (χ1n) is 5.31. The predicted octanol–water partition coefficient (Wildman–Crippen LogP) is -1.18. The molecule has 0 radical (unpaired) electrons. The molecule has 0 spiro atoms. The van der Waals surface area contributed by atoms with E-state index in [2.05, 4.69) is 9.47 Å². The molecule has 4 unspecified atom stereocenters. The quantitative estimate of drug-likeness (QED) is 0.574. The second-order valence-electron chi connectivity index (χ2n) is 3.72. The van der Waals surface area contributed by atoms with Gasteiger partial charge in [0.05, 0.1) is 14.2 Å². The zero-order chi connectivity index (χ0) is 13.1. The Morgan fingerprint density at radius 1 is 0.833 bits per heavy atom. The zero-order valence-corrected chi connectivity index (χ0v) is 9.99. The van der Waals surface area contributed by atoms with Gasteiger partial charge in [-0.15, -0.1) is 0 Å². The molecule has 2 aliphatic rings. The van der Waals surface area contributed by atoms with Crippen LogP contribution in [0.1, 0.15) is 0 Å². The number of rotatable bonds is 2. The number of fused-ring (bicyclic) bond motifs is 1. The third kappa shape index (κ3) is 2.32. The van der Waals surface area contributed by atoms with E-state index < -0.39 is 36.4 Å². The highest BCUT2D eigenvalue weighted by atomic mass is 16.8. The SMILES string of the molecule is COC(=O)C1OCOC2C(C(=O)OC)OCOC12.